The smallest absolute Gasteiger partial charge is 0.216 e. The Labute approximate surface area is 164 Å². The lowest BCUT2D eigenvalue weighted by molar-refractivity contribution is 0.872. The highest BCUT2D eigenvalue weighted by atomic mass is 35.5. The monoisotopic (exact) mass is 408 g/mol. The maximum atomic E-state index is 6.24. The molecular weight excluding hydrogens is 399 g/mol. The second-order valence-corrected chi connectivity index (χ2v) is 6.64. The van der Waals surface area contributed by atoms with Gasteiger partial charge in [-0.05, 0) is 42.1 Å². The second-order valence-electron chi connectivity index (χ2n) is 4.97. The van der Waals surface area contributed by atoms with Gasteiger partial charge in [0, 0.05) is 10.6 Å². The van der Waals surface area contributed by atoms with Crippen LogP contribution in [0, 0.1) is 4.77 Å². The number of hydrogen-bond donors (Lipinski definition) is 1. The van der Waals surface area contributed by atoms with E-state index in [9.17, 15) is 0 Å². The molecule has 0 atom stereocenters. The number of hydrogen-bond acceptors (Lipinski definition) is 3. The molecule has 126 valence electrons. The Bertz CT molecular complexity index is 1010. The van der Waals surface area contributed by atoms with Crippen molar-refractivity contribution >= 4 is 59.3 Å². The number of H-pyrrole nitrogens is 1. The van der Waals surface area contributed by atoms with Gasteiger partial charge in [0.25, 0.3) is 0 Å². The minimum Gasteiger partial charge on any atom is -0.250 e. The molecule has 8 heteroatoms. The van der Waals surface area contributed by atoms with Crippen LogP contribution < -0.4 is 0 Å². The summed E-state index contributed by atoms with van der Waals surface area (Å²) >= 11 is 23.6. The second kappa shape index (κ2) is 7.97. The van der Waals surface area contributed by atoms with Crippen LogP contribution in [0.2, 0.25) is 10.0 Å². The average Bonchev–Trinajstić information content (AvgIpc) is 2.94. The molecule has 3 aromatic rings. The van der Waals surface area contributed by atoms with Crippen molar-refractivity contribution in [3.63, 3.8) is 0 Å². The third-order valence-electron chi connectivity index (χ3n) is 3.22. The van der Waals surface area contributed by atoms with Crippen LogP contribution in [0.25, 0.3) is 17.5 Å². The summed E-state index contributed by atoms with van der Waals surface area (Å²) in [6, 6.07) is 14.8. The van der Waals surface area contributed by atoms with E-state index in [0.717, 1.165) is 5.56 Å². The third kappa shape index (κ3) is 4.38. The summed E-state index contributed by atoms with van der Waals surface area (Å²) in [5.74, 6) is 0.465. The average molecular weight is 410 g/mol. The van der Waals surface area contributed by atoms with Gasteiger partial charge in [-0.15, -0.1) is 0 Å². The highest BCUT2D eigenvalue weighted by Gasteiger charge is 2.12. The van der Waals surface area contributed by atoms with Crippen molar-refractivity contribution in [1.82, 2.24) is 14.9 Å². The van der Waals surface area contributed by atoms with Gasteiger partial charge in [-0.2, -0.15) is 14.9 Å². The Kier molecular flexibility index (Phi) is 5.71. The van der Waals surface area contributed by atoms with Crippen LogP contribution in [0.15, 0.2) is 58.7 Å². The number of benzene rings is 2. The van der Waals surface area contributed by atoms with E-state index in [1.165, 1.54) is 10.9 Å². The number of rotatable bonds is 4. The third-order valence-corrected chi connectivity index (χ3v) is 4.24. The summed E-state index contributed by atoms with van der Waals surface area (Å²) < 4.78 is 1.77. The number of nitrogens with zero attached hydrogens (tertiary/aromatic N) is 3. The molecule has 0 aliphatic heterocycles. The molecule has 0 amide bonds. The first-order valence-corrected chi connectivity index (χ1v) is 8.68. The molecule has 0 unspecified atom stereocenters. The molecule has 0 radical (unpaired) electrons. The minimum atomic E-state index is 0.321. The van der Waals surface area contributed by atoms with Crippen LogP contribution >= 0.6 is 47.0 Å². The predicted octanol–water partition coefficient (Wildman–Crippen LogP) is 6.03. The zero-order valence-electron chi connectivity index (χ0n) is 12.7. The van der Waals surface area contributed by atoms with Crippen molar-refractivity contribution in [3.8, 4) is 11.4 Å². The minimum absolute atomic E-state index is 0.321. The topological polar surface area (TPSA) is 46.0 Å². The highest BCUT2D eigenvalue weighted by Crippen LogP contribution is 2.29. The fraction of sp³-hybridized carbons (Fsp3) is 0. The molecule has 25 heavy (non-hydrogen) atoms. The first-order valence-electron chi connectivity index (χ1n) is 7.14. The zero-order chi connectivity index (χ0) is 17.8. The van der Waals surface area contributed by atoms with Crippen molar-refractivity contribution in [2.75, 3.05) is 0 Å². The highest BCUT2D eigenvalue weighted by molar-refractivity contribution is 7.71. The van der Waals surface area contributed by atoms with Crippen LogP contribution in [0.4, 0.5) is 0 Å². The fourth-order valence-corrected chi connectivity index (χ4v) is 2.94. The molecule has 1 N–H and O–H groups in total. The molecular formula is C17H11Cl3N4S. The Morgan fingerprint density at radius 2 is 1.92 bits per heavy atom. The van der Waals surface area contributed by atoms with Gasteiger partial charge in [0.15, 0.2) is 5.82 Å². The zero-order valence-corrected chi connectivity index (χ0v) is 15.7. The molecule has 0 fully saturated rings. The lowest BCUT2D eigenvalue weighted by atomic mass is 10.2. The SMILES string of the molecule is S=c1[nH]nc(-c2ccc(Cl)cc2Cl)n1N=C/C(Cl)=C/c1ccccc1. The van der Waals surface area contributed by atoms with E-state index in [1.54, 1.807) is 24.3 Å². The summed E-state index contributed by atoms with van der Waals surface area (Å²) in [6.07, 6.45) is 3.29. The lowest BCUT2D eigenvalue weighted by Gasteiger charge is -2.03. The number of aromatic nitrogens is 3. The molecule has 0 bridgehead atoms. The van der Waals surface area contributed by atoms with Gasteiger partial charge >= 0.3 is 0 Å². The Hall–Kier alpha value is -1.92. The van der Waals surface area contributed by atoms with Crippen molar-refractivity contribution in [1.29, 1.82) is 0 Å². The van der Waals surface area contributed by atoms with E-state index in [-0.39, 0.29) is 0 Å². The summed E-state index contributed by atoms with van der Waals surface area (Å²) in [4.78, 5) is 0. The van der Waals surface area contributed by atoms with E-state index >= 15 is 0 Å². The van der Waals surface area contributed by atoms with Crippen LogP contribution in [0.5, 0.6) is 0 Å². The van der Waals surface area contributed by atoms with Crippen LogP contribution in [0.3, 0.4) is 0 Å². The van der Waals surface area contributed by atoms with Crippen molar-refractivity contribution in [2.45, 2.75) is 0 Å². The Morgan fingerprint density at radius 1 is 1.16 bits per heavy atom. The molecule has 0 aliphatic carbocycles. The van der Waals surface area contributed by atoms with E-state index in [2.05, 4.69) is 15.3 Å². The Balaban J connectivity index is 1.95. The van der Waals surface area contributed by atoms with Gasteiger partial charge < -0.3 is 0 Å². The number of nitrogens with one attached hydrogen (secondary N) is 1. The molecule has 0 saturated heterocycles. The van der Waals surface area contributed by atoms with Crippen LogP contribution in [-0.4, -0.2) is 21.1 Å². The maximum absolute atomic E-state index is 6.24. The lowest BCUT2D eigenvalue weighted by Crippen LogP contribution is -1.95. The van der Waals surface area contributed by atoms with Gasteiger partial charge in [-0.3, -0.25) is 0 Å². The molecule has 1 aromatic heterocycles. The van der Waals surface area contributed by atoms with Crippen LogP contribution in [0.1, 0.15) is 5.56 Å². The summed E-state index contributed by atoms with van der Waals surface area (Å²) in [6.45, 7) is 0. The molecule has 0 saturated carbocycles. The van der Waals surface area contributed by atoms with E-state index in [1.807, 2.05) is 30.3 Å². The summed E-state index contributed by atoms with van der Waals surface area (Å²) in [5.41, 5.74) is 1.62. The molecule has 2 aromatic carbocycles. The molecule has 3 rings (SSSR count). The largest absolute Gasteiger partial charge is 0.250 e. The van der Waals surface area contributed by atoms with Gasteiger partial charge in [0.2, 0.25) is 4.77 Å². The molecule has 1 heterocycles. The Morgan fingerprint density at radius 3 is 2.64 bits per heavy atom. The normalized spacial score (nSPS) is 12.0. The first kappa shape index (κ1) is 17.9. The fourth-order valence-electron chi connectivity index (χ4n) is 2.10. The maximum Gasteiger partial charge on any atom is 0.216 e. The molecule has 0 spiro atoms. The van der Waals surface area contributed by atoms with Gasteiger partial charge in [-0.25, -0.2) is 5.10 Å². The standard InChI is InChI=1S/C17H11Cl3N4S/c18-12-6-7-14(15(20)9-12)16-22-23-17(25)24(16)21-10-13(19)8-11-4-2-1-3-5-11/h1-10H,(H,23,25)/b13-8-,21-10?. The van der Waals surface area contributed by atoms with Gasteiger partial charge in [0.05, 0.1) is 16.3 Å². The van der Waals surface area contributed by atoms with Crippen molar-refractivity contribution < 1.29 is 0 Å². The molecule has 0 aliphatic rings. The van der Waals surface area contributed by atoms with Crippen molar-refractivity contribution in [2.24, 2.45) is 5.10 Å². The van der Waals surface area contributed by atoms with E-state index in [0.29, 0.717) is 31.2 Å². The predicted molar refractivity (Wildman–Crippen MR) is 107 cm³/mol. The van der Waals surface area contributed by atoms with E-state index in [4.69, 9.17) is 47.0 Å². The summed E-state index contributed by atoms with van der Waals surface area (Å²) in [7, 11) is 0. The number of aromatic amines is 1. The van der Waals surface area contributed by atoms with Gasteiger partial charge in [0.1, 0.15) is 0 Å². The van der Waals surface area contributed by atoms with E-state index < -0.39 is 0 Å². The number of allylic oxidation sites excluding steroid dienone is 1. The summed E-state index contributed by atoms with van der Waals surface area (Å²) in [5, 5.41) is 12.6. The first-order chi connectivity index (χ1) is 12.0. The quantitative estimate of drug-likeness (QED) is 0.422. The molecule has 4 nitrogen and oxygen atoms in total. The van der Waals surface area contributed by atoms with Crippen LogP contribution in [-0.2, 0) is 0 Å². The van der Waals surface area contributed by atoms with Crippen molar-refractivity contribution in [3.05, 3.63) is 73.9 Å². The van der Waals surface area contributed by atoms with Gasteiger partial charge in [-0.1, -0.05) is 65.1 Å². The number of halogens is 3.